The highest BCUT2D eigenvalue weighted by molar-refractivity contribution is 6.31. The fourth-order valence-electron chi connectivity index (χ4n) is 2.97. The highest BCUT2D eigenvalue weighted by atomic mass is 35.5. The van der Waals surface area contributed by atoms with E-state index in [4.69, 9.17) is 21.1 Å². The van der Waals surface area contributed by atoms with Gasteiger partial charge in [0.15, 0.2) is 11.5 Å². The normalized spacial score (nSPS) is 15.6. The summed E-state index contributed by atoms with van der Waals surface area (Å²) in [7, 11) is 1.57. The molecule has 26 heavy (non-hydrogen) atoms. The van der Waals surface area contributed by atoms with Crippen molar-refractivity contribution in [3.63, 3.8) is 0 Å². The van der Waals surface area contributed by atoms with Gasteiger partial charge in [0.2, 0.25) is 5.91 Å². The van der Waals surface area contributed by atoms with Crippen LogP contribution in [0, 0.1) is 0 Å². The second-order valence-corrected chi connectivity index (χ2v) is 6.26. The number of ether oxygens (including phenoxy) is 2. The summed E-state index contributed by atoms with van der Waals surface area (Å²) in [4.78, 5) is 25.8. The summed E-state index contributed by atoms with van der Waals surface area (Å²) in [5.74, 6) is 0.752. The second-order valence-electron chi connectivity index (χ2n) is 5.83. The molecule has 0 saturated heterocycles. The number of fused-ring (bicyclic) bond motifs is 1. The van der Waals surface area contributed by atoms with Crippen molar-refractivity contribution in [1.29, 1.82) is 0 Å². The van der Waals surface area contributed by atoms with E-state index in [9.17, 15) is 9.59 Å². The van der Waals surface area contributed by atoms with Crippen LogP contribution in [-0.2, 0) is 9.59 Å². The third-order valence-corrected chi connectivity index (χ3v) is 4.33. The number of hydrogen-bond donors (Lipinski definition) is 1. The molecule has 2 aromatic rings. The van der Waals surface area contributed by atoms with E-state index < -0.39 is 6.04 Å². The molecule has 0 unspecified atom stereocenters. The van der Waals surface area contributed by atoms with Gasteiger partial charge in [-0.3, -0.25) is 9.59 Å². The summed E-state index contributed by atoms with van der Waals surface area (Å²) in [6.07, 6.45) is 0. The minimum absolute atomic E-state index is 0.207. The van der Waals surface area contributed by atoms with Gasteiger partial charge in [0, 0.05) is 23.2 Å². The fourth-order valence-corrected chi connectivity index (χ4v) is 3.15. The van der Waals surface area contributed by atoms with Crippen LogP contribution in [0.15, 0.2) is 42.5 Å². The van der Waals surface area contributed by atoms with Crippen LogP contribution in [0.2, 0.25) is 5.02 Å². The molecule has 3 rings (SSSR count). The van der Waals surface area contributed by atoms with Crippen molar-refractivity contribution >= 4 is 29.1 Å². The van der Waals surface area contributed by atoms with E-state index in [1.54, 1.807) is 42.3 Å². The van der Waals surface area contributed by atoms with Crippen LogP contribution < -0.4 is 19.7 Å². The fraction of sp³-hybridized carbons (Fsp3) is 0.263. The number of amides is 2. The molecule has 0 fully saturated rings. The van der Waals surface area contributed by atoms with E-state index in [0.29, 0.717) is 28.6 Å². The summed E-state index contributed by atoms with van der Waals surface area (Å²) in [5, 5.41) is 3.19. The molecule has 0 bridgehead atoms. The number of carbonyl (C=O) groups excluding carboxylic acids is 2. The highest BCUT2D eigenvalue weighted by Crippen LogP contribution is 2.37. The van der Waals surface area contributed by atoms with Crippen LogP contribution in [0.3, 0.4) is 0 Å². The largest absolute Gasteiger partial charge is 0.493 e. The molecule has 0 radical (unpaired) electrons. The van der Waals surface area contributed by atoms with Gasteiger partial charge in [-0.2, -0.15) is 0 Å². The monoisotopic (exact) mass is 374 g/mol. The number of anilines is 1. The van der Waals surface area contributed by atoms with Crippen LogP contribution in [0.1, 0.15) is 18.5 Å². The van der Waals surface area contributed by atoms with Crippen LogP contribution in [0.4, 0.5) is 5.69 Å². The van der Waals surface area contributed by atoms with Gasteiger partial charge in [0.05, 0.1) is 13.7 Å². The van der Waals surface area contributed by atoms with E-state index in [2.05, 4.69) is 5.32 Å². The summed E-state index contributed by atoms with van der Waals surface area (Å²) in [5.41, 5.74) is 1.41. The van der Waals surface area contributed by atoms with Gasteiger partial charge in [-0.1, -0.05) is 23.7 Å². The number of nitrogens with zero attached hydrogens (tertiary/aromatic N) is 1. The molecule has 1 N–H and O–H groups in total. The van der Waals surface area contributed by atoms with Crippen molar-refractivity contribution in [3.05, 3.63) is 53.1 Å². The smallest absolute Gasteiger partial charge is 0.254 e. The minimum Gasteiger partial charge on any atom is -0.493 e. The predicted molar refractivity (Wildman–Crippen MR) is 98.9 cm³/mol. The number of halogens is 1. The van der Waals surface area contributed by atoms with Gasteiger partial charge >= 0.3 is 0 Å². The maximum absolute atomic E-state index is 12.8. The standard InChI is InChI=1S/C19H19ClN2O4/c1-12(23)21-18-14-11-13(20)7-8-15(14)22(19(18)24)9-10-26-17-6-4-3-5-16(17)25-2/h3-8,11,18H,9-10H2,1-2H3,(H,21,23)/t18-/m0/s1. The van der Waals surface area contributed by atoms with Crippen molar-refractivity contribution in [1.82, 2.24) is 5.32 Å². The highest BCUT2D eigenvalue weighted by Gasteiger charge is 2.37. The van der Waals surface area contributed by atoms with E-state index >= 15 is 0 Å². The van der Waals surface area contributed by atoms with Crippen LogP contribution in [-0.4, -0.2) is 32.1 Å². The first kappa shape index (κ1) is 18.1. The van der Waals surface area contributed by atoms with Crippen LogP contribution >= 0.6 is 11.6 Å². The number of carbonyl (C=O) groups is 2. The van der Waals surface area contributed by atoms with Crippen molar-refractivity contribution in [2.45, 2.75) is 13.0 Å². The molecule has 1 aliphatic heterocycles. The quantitative estimate of drug-likeness (QED) is 0.844. The Morgan fingerprint density at radius 3 is 2.65 bits per heavy atom. The average Bonchev–Trinajstić information content (AvgIpc) is 2.87. The first-order valence-corrected chi connectivity index (χ1v) is 8.53. The lowest BCUT2D eigenvalue weighted by Crippen LogP contribution is -2.38. The molecule has 0 saturated carbocycles. The predicted octanol–water partition coefficient (Wildman–Crippen LogP) is 2.95. The molecule has 1 atom stereocenters. The summed E-state index contributed by atoms with van der Waals surface area (Å²) < 4.78 is 11.0. The van der Waals surface area contributed by atoms with Crippen molar-refractivity contribution in [2.24, 2.45) is 0 Å². The topological polar surface area (TPSA) is 67.9 Å². The van der Waals surface area contributed by atoms with Gasteiger partial charge in [-0.25, -0.2) is 0 Å². The minimum atomic E-state index is -0.729. The Hall–Kier alpha value is -2.73. The van der Waals surface area contributed by atoms with Crippen LogP contribution in [0.25, 0.3) is 0 Å². The zero-order valence-electron chi connectivity index (χ0n) is 14.5. The lowest BCUT2D eigenvalue weighted by Gasteiger charge is -2.19. The summed E-state index contributed by atoms with van der Waals surface area (Å²) in [6, 6.07) is 11.8. The van der Waals surface area contributed by atoms with Gasteiger partial charge in [-0.05, 0) is 30.3 Å². The Balaban J connectivity index is 1.76. The van der Waals surface area contributed by atoms with Crippen molar-refractivity contribution in [2.75, 3.05) is 25.2 Å². The molecule has 0 aromatic heterocycles. The molecule has 2 aromatic carbocycles. The first-order valence-electron chi connectivity index (χ1n) is 8.15. The number of hydrogen-bond acceptors (Lipinski definition) is 4. The molecule has 2 amide bonds. The molecular weight excluding hydrogens is 356 g/mol. The Labute approximate surface area is 156 Å². The summed E-state index contributed by atoms with van der Waals surface area (Å²) in [6.45, 7) is 1.99. The maximum Gasteiger partial charge on any atom is 0.254 e. The second kappa shape index (κ2) is 7.66. The van der Waals surface area contributed by atoms with E-state index in [0.717, 1.165) is 5.69 Å². The first-order chi connectivity index (χ1) is 12.5. The van der Waals surface area contributed by atoms with Crippen molar-refractivity contribution in [3.8, 4) is 11.5 Å². The number of methoxy groups -OCH3 is 1. The van der Waals surface area contributed by atoms with Crippen molar-refractivity contribution < 1.29 is 19.1 Å². The number of benzene rings is 2. The van der Waals surface area contributed by atoms with Gasteiger partial charge in [-0.15, -0.1) is 0 Å². The summed E-state index contributed by atoms with van der Waals surface area (Å²) >= 11 is 6.06. The van der Waals surface area contributed by atoms with E-state index in [1.807, 2.05) is 12.1 Å². The molecule has 1 aliphatic rings. The molecule has 136 valence electrons. The molecule has 6 nitrogen and oxygen atoms in total. The Bertz CT molecular complexity index is 840. The zero-order valence-corrected chi connectivity index (χ0v) is 15.2. The third kappa shape index (κ3) is 3.60. The third-order valence-electron chi connectivity index (χ3n) is 4.09. The SMILES string of the molecule is COc1ccccc1OCCN1C(=O)[C@@H](NC(C)=O)c2cc(Cl)ccc21. The average molecular weight is 375 g/mol. The number of nitrogens with one attached hydrogen (secondary N) is 1. The van der Waals surface area contributed by atoms with E-state index in [1.165, 1.54) is 6.92 Å². The maximum atomic E-state index is 12.8. The number of para-hydroxylation sites is 2. The van der Waals surface area contributed by atoms with Crippen LogP contribution in [0.5, 0.6) is 11.5 Å². The lowest BCUT2D eigenvalue weighted by molar-refractivity contribution is -0.126. The Morgan fingerprint density at radius 1 is 1.23 bits per heavy atom. The lowest BCUT2D eigenvalue weighted by atomic mass is 10.1. The number of rotatable bonds is 6. The van der Waals surface area contributed by atoms with E-state index in [-0.39, 0.29) is 18.4 Å². The molecule has 7 heteroatoms. The van der Waals surface area contributed by atoms with Gasteiger partial charge in [0.1, 0.15) is 12.6 Å². The Kier molecular flexibility index (Phi) is 5.32. The molecular formula is C19H19ClN2O4. The zero-order chi connectivity index (χ0) is 18.7. The molecule has 0 aliphatic carbocycles. The molecule has 0 spiro atoms. The van der Waals surface area contributed by atoms with Gasteiger partial charge < -0.3 is 19.7 Å². The molecule has 1 heterocycles. The Morgan fingerprint density at radius 2 is 1.96 bits per heavy atom. The van der Waals surface area contributed by atoms with Gasteiger partial charge in [0.25, 0.3) is 5.91 Å².